The molecule has 6 nitrogen and oxygen atoms in total. The van der Waals surface area contributed by atoms with Crippen LogP contribution in [0.1, 0.15) is 54.5 Å². The van der Waals surface area contributed by atoms with E-state index in [1.807, 2.05) is 0 Å². The van der Waals surface area contributed by atoms with Gasteiger partial charge in [-0.1, -0.05) is 17.7 Å². The van der Waals surface area contributed by atoms with Crippen molar-refractivity contribution in [3.05, 3.63) is 56.9 Å². The molecule has 5 N–H and O–H groups in total. The van der Waals surface area contributed by atoms with Crippen LogP contribution >= 0.6 is 11.6 Å². The number of aliphatic hydroxyl groups is 2. The minimum absolute atomic E-state index is 0.315. The zero-order valence-electron chi connectivity index (χ0n) is 17.5. The van der Waals surface area contributed by atoms with Crippen LogP contribution in [-0.2, 0) is 41.2 Å². The lowest BCUT2D eigenvalue weighted by Gasteiger charge is -2.21. The molecule has 31 heavy (non-hydrogen) atoms. The molecule has 0 bridgehead atoms. The van der Waals surface area contributed by atoms with Crippen molar-refractivity contribution in [1.82, 2.24) is 0 Å². The first-order valence-corrected chi connectivity index (χ1v) is 12.3. The van der Waals surface area contributed by atoms with E-state index in [2.05, 4.69) is 9.68 Å². The molecule has 168 valence electrons. The molecule has 0 heterocycles. The minimum Gasteiger partial charge on any atom is -0.386 e. The number of fused-ring (bicyclic) bond motifs is 2. The van der Waals surface area contributed by atoms with Gasteiger partial charge in [-0.2, -0.15) is 4.36 Å². The molecule has 2 atom stereocenters. The van der Waals surface area contributed by atoms with Crippen LogP contribution < -0.4 is 10.5 Å². The molecule has 0 fully saturated rings. The molecule has 0 spiro atoms. The highest BCUT2D eigenvalue weighted by molar-refractivity contribution is 7.91. The van der Waals surface area contributed by atoms with Gasteiger partial charge in [0.05, 0.1) is 10.5 Å². The number of benzene rings is 2. The van der Waals surface area contributed by atoms with E-state index in [0.717, 1.165) is 77.6 Å². The number of halogens is 2. The number of hydrogen-bond donors (Lipinski definition) is 4. The first-order chi connectivity index (χ1) is 14.5. The van der Waals surface area contributed by atoms with E-state index in [-0.39, 0.29) is 4.90 Å². The van der Waals surface area contributed by atoms with Crippen molar-refractivity contribution < 1.29 is 18.8 Å². The highest BCUT2D eigenvalue weighted by atomic mass is 35.5. The second kappa shape index (κ2) is 8.01. The molecule has 0 aromatic heterocycles. The summed E-state index contributed by atoms with van der Waals surface area (Å²) in [6, 6.07) is 3.76. The highest BCUT2D eigenvalue weighted by Crippen LogP contribution is 2.44. The summed E-state index contributed by atoms with van der Waals surface area (Å²) in [5.74, 6) is -0.851. The van der Waals surface area contributed by atoms with Gasteiger partial charge in [-0.25, -0.2) is 13.7 Å². The fourth-order valence-electron chi connectivity index (χ4n) is 4.54. The summed E-state index contributed by atoms with van der Waals surface area (Å²) in [5.41, 5.74) is 4.15. The second-order valence-electron chi connectivity index (χ2n) is 8.71. The van der Waals surface area contributed by atoms with E-state index in [0.29, 0.717) is 5.56 Å². The van der Waals surface area contributed by atoms with E-state index in [1.165, 1.54) is 26.0 Å². The minimum atomic E-state index is -3.73. The number of nitrogens with two attached hydrogens (primary N) is 1. The van der Waals surface area contributed by atoms with Gasteiger partial charge in [0.15, 0.2) is 0 Å². The molecule has 4 rings (SSSR count). The smallest absolute Gasteiger partial charge is 0.233 e. The van der Waals surface area contributed by atoms with Crippen LogP contribution in [0.15, 0.2) is 27.5 Å². The Morgan fingerprint density at radius 1 is 1.16 bits per heavy atom. The maximum Gasteiger partial charge on any atom is 0.233 e. The van der Waals surface area contributed by atoms with Gasteiger partial charge >= 0.3 is 0 Å². The molecular weight excluding hydrogens is 441 g/mol. The number of aliphatic hydroxyl groups excluding tert-OH is 1. The Labute approximate surface area is 186 Å². The van der Waals surface area contributed by atoms with Crippen molar-refractivity contribution in [2.75, 3.05) is 5.32 Å². The van der Waals surface area contributed by atoms with Crippen molar-refractivity contribution in [2.45, 2.75) is 69.2 Å². The van der Waals surface area contributed by atoms with Gasteiger partial charge in [-0.05, 0) is 92.3 Å². The third-order valence-corrected chi connectivity index (χ3v) is 7.98. The Kier molecular flexibility index (Phi) is 5.81. The molecule has 2 aliphatic carbocycles. The number of rotatable bonds is 5. The van der Waals surface area contributed by atoms with Gasteiger partial charge in [0.25, 0.3) is 0 Å². The number of hydrogen-bond acceptors (Lipinski definition) is 5. The molecule has 0 amide bonds. The lowest BCUT2D eigenvalue weighted by atomic mass is 9.98. The summed E-state index contributed by atoms with van der Waals surface area (Å²) in [5, 5.41) is 30.2. The van der Waals surface area contributed by atoms with Crippen molar-refractivity contribution in [3.8, 4) is 0 Å². The van der Waals surface area contributed by atoms with Gasteiger partial charge in [0, 0.05) is 10.7 Å². The second-order valence-corrected chi connectivity index (χ2v) is 10.9. The predicted molar refractivity (Wildman–Crippen MR) is 120 cm³/mol. The molecule has 0 aliphatic heterocycles. The molecule has 2 aromatic rings. The van der Waals surface area contributed by atoms with Crippen LogP contribution in [0.3, 0.4) is 0 Å². The Hall–Kier alpha value is -1.71. The summed E-state index contributed by atoms with van der Waals surface area (Å²) in [6.07, 6.45) is 3.82. The number of nitrogens with zero attached hydrogens (tertiary/aromatic N) is 1. The molecule has 9 heteroatoms. The SMILES string of the molecule is CC(C)(O)c1ccc([S@@](N)(=O)=NC(O)Nc2c3c(c(Cl)c4c2CCC4)CCC3)c(F)c1. The van der Waals surface area contributed by atoms with Crippen LogP contribution in [0.5, 0.6) is 0 Å². The zero-order chi connectivity index (χ0) is 22.6. The van der Waals surface area contributed by atoms with Crippen LogP contribution in [0.2, 0.25) is 5.02 Å². The topological polar surface area (TPSA) is 108 Å². The van der Waals surface area contributed by atoms with Crippen molar-refractivity contribution >= 4 is 27.2 Å². The fraction of sp³-hybridized carbons (Fsp3) is 0.455. The first-order valence-electron chi connectivity index (χ1n) is 10.3. The summed E-state index contributed by atoms with van der Waals surface area (Å²) >= 11 is 6.62. The van der Waals surface area contributed by atoms with E-state index in [9.17, 15) is 18.8 Å². The van der Waals surface area contributed by atoms with Gasteiger partial charge in [0.1, 0.15) is 15.7 Å². The summed E-state index contributed by atoms with van der Waals surface area (Å²) in [7, 11) is -3.73. The Bertz CT molecular complexity index is 1130. The molecule has 1 unspecified atom stereocenters. The Morgan fingerprint density at radius 2 is 1.71 bits per heavy atom. The lowest BCUT2D eigenvalue weighted by Crippen LogP contribution is -2.25. The standard InChI is InChI=1S/C22H27ClFN3O3S/c1-22(2,29)12-9-10-18(17(24)11-12)31(25,30)27-21(28)26-20-15-7-3-5-13(15)19(23)14-6-4-8-16(14)20/h9-11,21,26,28-29H,3-8H2,1-2H3,(H2,25,27,30)/t21?,31-/m0/s1. The largest absolute Gasteiger partial charge is 0.386 e. The summed E-state index contributed by atoms with van der Waals surface area (Å²) in [4.78, 5) is -0.326. The van der Waals surface area contributed by atoms with E-state index >= 15 is 0 Å². The molecular formula is C22H27ClFN3O3S. The molecule has 0 saturated carbocycles. The Morgan fingerprint density at radius 3 is 2.23 bits per heavy atom. The molecule has 0 radical (unpaired) electrons. The van der Waals surface area contributed by atoms with Crippen LogP contribution in [0.25, 0.3) is 0 Å². The van der Waals surface area contributed by atoms with Crippen LogP contribution in [0.4, 0.5) is 10.1 Å². The van der Waals surface area contributed by atoms with E-state index < -0.39 is 27.7 Å². The molecule has 0 saturated heterocycles. The monoisotopic (exact) mass is 467 g/mol. The predicted octanol–water partition coefficient (Wildman–Crippen LogP) is 3.77. The van der Waals surface area contributed by atoms with Gasteiger partial charge in [0.2, 0.25) is 6.35 Å². The first kappa shape index (κ1) is 22.5. The van der Waals surface area contributed by atoms with Gasteiger partial charge in [-0.3, -0.25) is 0 Å². The zero-order valence-corrected chi connectivity index (χ0v) is 19.1. The van der Waals surface area contributed by atoms with Crippen molar-refractivity contribution in [3.63, 3.8) is 0 Å². The summed E-state index contributed by atoms with van der Waals surface area (Å²) < 4.78 is 31.4. The maximum absolute atomic E-state index is 14.6. The third-order valence-electron chi connectivity index (χ3n) is 6.05. The fourth-order valence-corrected chi connectivity index (χ4v) is 6.02. The summed E-state index contributed by atoms with van der Waals surface area (Å²) in [6.45, 7) is 3.03. The molecule has 2 aliphatic rings. The number of anilines is 1. The quantitative estimate of drug-likeness (QED) is 0.502. The highest BCUT2D eigenvalue weighted by Gasteiger charge is 2.29. The van der Waals surface area contributed by atoms with Crippen LogP contribution in [-0.4, -0.2) is 20.8 Å². The van der Waals surface area contributed by atoms with E-state index in [1.54, 1.807) is 0 Å². The molecule has 2 aromatic carbocycles. The number of nitrogens with one attached hydrogen (secondary N) is 1. The van der Waals surface area contributed by atoms with Gasteiger partial charge in [-0.15, -0.1) is 0 Å². The van der Waals surface area contributed by atoms with Gasteiger partial charge < -0.3 is 15.5 Å². The van der Waals surface area contributed by atoms with Crippen LogP contribution in [0, 0.1) is 5.82 Å². The Balaban J connectivity index is 1.68. The third kappa shape index (κ3) is 4.19. The lowest BCUT2D eigenvalue weighted by molar-refractivity contribution is 0.0781. The normalized spacial score (nSPS) is 18.3. The average Bonchev–Trinajstić information content (AvgIpc) is 3.33. The van der Waals surface area contributed by atoms with Crippen molar-refractivity contribution in [2.24, 2.45) is 9.50 Å². The van der Waals surface area contributed by atoms with E-state index in [4.69, 9.17) is 16.7 Å². The maximum atomic E-state index is 14.6. The van der Waals surface area contributed by atoms with Crippen molar-refractivity contribution in [1.29, 1.82) is 0 Å². The average molecular weight is 468 g/mol.